The van der Waals surface area contributed by atoms with Crippen LogP contribution in [0.4, 0.5) is 0 Å². The number of benzene rings is 3. The summed E-state index contributed by atoms with van der Waals surface area (Å²) in [5.74, 6) is 0.669. The summed E-state index contributed by atoms with van der Waals surface area (Å²) in [7, 11) is 0. The number of ether oxygens (including phenoxy) is 2. The summed E-state index contributed by atoms with van der Waals surface area (Å²) in [5, 5.41) is 0. The predicted octanol–water partition coefficient (Wildman–Crippen LogP) is 6.40. The van der Waals surface area contributed by atoms with E-state index < -0.39 is 5.97 Å². The Morgan fingerprint density at radius 3 is 2.18 bits per heavy atom. The molecule has 0 N–H and O–H groups in total. The summed E-state index contributed by atoms with van der Waals surface area (Å²) in [6.07, 6.45) is 0. The molecule has 0 atom stereocenters. The van der Waals surface area contributed by atoms with Crippen LogP contribution in [0.3, 0.4) is 0 Å². The Morgan fingerprint density at radius 1 is 0.893 bits per heavy atom. The highest BCUT2D eigenvalue weighted by atomic mass is 79.9. The molecule has 3 nitrogen and oxygen atoms in total. The lowest BCUT2D eigenvalue weighted by molar-refractivity contribution is -0.136. The number of hydrogen-bond donors (Lipinski definition) is 0. The molecule has 3 aromatic rings. The highest BCUT2D eigenvalue weighted by molar-refractivity contribution is 9.10. The van der Waals surface area contributed by atoms with Crippen LogP contribution < -0.4 is 9.47 Å². The van der Waals surface area contributed by atoms with Crippen LogP contribution in [0.5, 0.6) is 11.5 Å². The van der Waals surface area contributed by atoms with Crippen molar-refractivity contribution >= 4 is 21.9 Å². The van der Waals surface area contributed by atoms with Gasteiger partial charge in [0.25, 0.3) is 0 Å². The average molecular weight is 439 g/mol. The summed E-state index contributed by atoms with van der Waals surface area (Å²) in [5.41, 5.74) is 3.43. The van der Waals surface area contributed by atoms with Crippen LogP contribution in [0.25, 0.3) is 11.1 Å². The minimum atomic E-state index is -0.442. The SMILES string of the molecule is CC(C)(C)c1ccc(OC(=O)COc2ccc(-c3ccccc3)cc2Br)cc1. The second-order valence-electron chi connectivity index (χ2n) is 7.55. The van der Waals surface area contributed by atoms with Gasteiger partial charge in [-0.05, 0) is 62.3 Å². The maximum Gasteiger partial charge on any atom is 0.349 e. The molecule has 3 rings (SSSR count). The normalized spacial score (nSPS) is 11.1. The van der Waals surface area contributed by atoms with E-state index in [4.69, 9.17) is 9.47 Å². The van der Waals surface area contributed by atoms with Crippen molar-refractivity contribution in [2.75, 3.05) is 6.61 Å². The molecule has 0 spiro atoms. The first kappa shape index (κ1) is 20.2. The number of carbonyl (C=O) groups is 1. The first-order chi connectivity index (χ1) is 13.3. The molecule has 0 aliphatic heterocycles. The van der Waals surface area contributed by atoms with Crippen molar-refractivity contribution < 1.29 is 14.3 Å². The summed E-state index contributed by atoms with van der Waals surface area (Å²) in [6, 6.07) is 23.4. The standard InChI is InChI=1S/C24H23BrO3/c1-24(2,3)19-10-12-20(13-11-19)28-23(26)16-27-22-14-9-18(15-21(22)25)17-7-5-4-6-8-17/h4-15H,16H2,1-3H3. The molecule has 0 radical (unpaired) electrons. The van der Waals surface area contributed by atoms with Gasteiger partial charge >= 0.3 is 5.97 Å². The molecule has 0 aliphatic carbocycles. The second-order valence-corrected chi connectivity index (χ2v) is 8.40. The van der Waals surface area contributed by atoms with Gasteiger partial charge < -0.3 is 9.47 Å². The molecular weight excluding hydrogens is 416 g/mol. The van der Waals surface area contributed by atoms with E-state index in [-0.39, 0.29) is 12.0 Å². The van der Waals surface area contributed by atoms with Crippen molar-refractivity contribution in [3.63, 3.8) is 0 Å². The Balaban J connectivity index is 1.59. The van der Waals surface area contributed by atoms with Gasteiger partial charge in [-0.1, -0.05) is 69.3 Å². The van der Waals surface area contributed by atoms with Gasteiger partial charge in [-0.3, -0.25) is 0 Å². The van der Waals surface area contributed by atoms with Crippen molar-refractivity contribution in [1.82, 2.24) is 0 Å². The first-order valence-corrected chi connectivity index (χ1v) is 9.91. The van der Waals surface area contributed by atoms with Crippen molar-refractivity contribution in [1.29, 1.82) is 0 Å². The third-order valence-corrected chi connectivity index (χ3v) is 4.96. The topological polar surface area (TPSA) is 35.5 Å². The monoisotopic (exact) mass is 438 g/mol. The summed E-state index contributed by atoms with van der Waals surface area (Å²) in [4.78, 5) is 12.1. The lowest BCUT2D eigenvalue weighted by Gasteiger charge is -2.19. The Labute approximate surface area is 174 Å². The van der Waals surface area contributed by atoms with Gasteiger partial charge in [-0.25, -0.2) is 4.79 Å². The third-order valence-electron chi connectivity index (χ3n) is 4.34. The molecule has 0 aliphatic rings. The highest BCUT2D eigenvalue weighted by Gasteiger charge is 2.14. The number of halogens is 1. The average Bonchev–Trinajstić information content (AvgIpc) is 2.67. The molecule has 3 aromatic carbocycles. The molecule has 144 valence electrons. The first-order valence-electron chi connectivity index (χ1n) is 9.12. The molecule has 0 heterocycles. The fourth-order valence-electron chi connectivity index (χ4n) is 2.75. The smallest absolute Gasteiger partial charge is 0.349 e. The van der Waals surface area contributed by atoms with Crippen molar-refractivity contribution in [3.05, 3.63) is 82.8 Å². The Bertz CT molecular complexity index is 942. The zero-order valence-electron chi connectivity index (χ0n) is 16.2. The van der Waals surface area contributed by atoms with Crippen LogP contribution in [0.15, 0.2) is 77.3 Å². The van der Waals surface area contributed by atoms with Crippen molar-refractivity contribution in [2.24, 2.45) is 0 Å². The summed E-state index contributed by atoms with van der Waals surface area (Å²) in [6.45, 7) is 6.26. The van der Waals surface area contributed by atoms with E-state index in [1.807, 2.05) is 72.8 Å². The fraction of sp³-hybridized carbons (Fsp3) is 0.208. The maximum atomic E-state index is 12.1. The van der Waals surface area contributed by atoms with Crippen LogP contribution in [0.1, 0.15) is 26.3 Å². The Kier molecular flexibility index (Phi) is 6.20. The number of esters is 1. The quantitative estimate of drug-likeness (QED) is 0.341. The van der Waals surface area contributed by atoms with Gasteiger partial charge in [-0.2, -0.15) is 0 Å². The van der Waals surface area contributed by atoms with Crippen LogP contribution in [0.2, 0.25) is 0 Å². The van der Waals surface area contributed by atoms with Crippen molar-refractivity contribution in [2.45, 2.75) is 26.2 Å². The van der Waals surface area contributed by atoms with E-state index in [9.17, 15) is 4.79 Å². The van der Waals surface area contributed by atoms with Crippen molar-refractivity contribution in [3.8, 4) is 22.6 Å². The number of rotatable bonds is 5. The van der Waals surface area contributed by atoms with Crippen LogP contribution in [-0.2, 0) is 10.2 Å². The van der Waals surface area contributed by atoms with E-state index in [0.717, 1.165) is 15.6 Å². The molecule has 0 unspecified atom stereocenters. The van der Waals surface area contributed by atoms with Gasteiger partial charge in [0.1, 0.15) is 11.5 Å². The molecular formula is C24H23BrO3. The number of hydrogen-bond acceptors (Lipinski definition) is 3. The minimum Gasteiger partial charge on any atom is -0.481 e. The molecule has 0 saturated heterocycles. The zero-order chi connectivity index (χ0) is 20.1. The molecule has 4 heteroatoms. The largest absolute Gasteiger partial charge is 0.481 e. The maximum absolute atomic E-state index is 12.1. The van der Waals surface area contributed by atoms with Crippen LogP contribution in [-0.4, -0.2) is 12.6 Å². The minimum absolute atomic E-state index is 0.0594. The van der Waals surface area contributed by atoms with E-state index in [2.05, 4.69) is 36.7 Å². The summed E-state index contributed by atoms with van der Waals surface area (Å²) >= 11 is 3.51. The molecule has 0 fully saturated rings. The Morgan fingerprint density at radius 2 is 1.57 bits per heavy atom. The van der Waals surface area contributed by atoms with E-state index in [1.54, 1.807) is 0 Å². The number of carbonyl (C=O) groups excluding carboxylic acids is 1. The Hall–Kier alpha value is -2.59. The summed E-state index contributed by atoms with van der Waals surface area (Å²) < 4.78 is 11.8. The van der Waals surface area contributed by atoms with Gasteiger partial charge in [0, 0.05) is 0 Å². The van der Waals surface area contributed by atoms with Crippen LogP contribution in [0, 0.1) is 0 Å². The molecule has 0 amide bonds. The highest BCUT2D eigenvalue weighted by Crippen LogP contribution is 2.31. The van der Waals surface area contributed by atoms with E-state index in [1.165, 1.54) is 5.56 Å². The van der Waals surface area contributed by atoms with Gasteiger partial charge in [0.2, 0.25) is 0 Å². The van der Waals surface area contributed by atoms with Crippen LogP contribution >= 0.6 is 15.9 Å². The fourth-order valence-corrected chi connectivity index (χ4v) is 3.24. The van der Waals surface area contributed by atoms with Gasteiger partial charge in [0.15, 0.2) is 6.61 Å². The predicted molar refractivity (Wildman–Crippen MR) is 116 cm³/mol. The van der Waals surface area contributed by atoms with E-state index >= 15 is 0 Å². The lowest BCUT2D eigenvalue weighted by atomic mass is 9.87. The lowest BCUT2D eigenvalue weighted by Crippen LogP contribution is -2.18. The van der Waals surface area contributed by atoms with Gasteiger partial charge in [0.05, 0.1) is 4.47 Å². The zero-order valence-corrected chi connectivity index (χ0v) is 17.8. The molecule has 28 heavy (non-hydrogen) atoms. The third kappa shape index (κ3) is 5.23. The van der Waals surface area contributed by atoms with Gasteiger partial charge in [-0.15, -0.1) is 0 Å². The van der Waals surface area contributed by atoms with E-state index in [0.29, 0.717) is 11.5 Å². The second kappa shape index (κ2) is 8.61. The molecule has 0 aromatic heterocycles. The molecule has 0 bridgehead atoms. The molecule has 0 saturated carbocycles.